The summed E-state index contributed by atoms with van der Waals surface area (Å²) in [4.78, 5) is 14.5. The van der Waals surface area contributed by atoms with Crippen molar-refractivity contribution in [2.45, 2.75) is 19.4 Å². The Morgan fingerprint density at radius 1 is 1.67 bits per heavy atom. The van der Waals surface area contributed by atoms with E-state index in [1.165, 1.54) is 4.88 Å². The Morgan fingerprint density at radius 2 is 2.33 bits per heavy atom. The molecule has 0 fully saturated rings. The molecule has 0 aliphatic rings. The Morgan fingerprint density at radius 3 is 2.80 bits per heavy atom. The van der Waals surface area contributed by atoms with Crippen LogP contribution in [0, 0.1) is 0 Å². The fraction of sp³-hybridized carbons (Fsp3) is 0.500. The van der Waals surface area contributed by atoms with E-state index < -0.39 is 0 Å². The van der Waals surface area contributed by atoms with Crippen LogP contribution in [0.5, 0.6) is 0 Å². The van der Waals surface area contributed by atoms with Gasteiger partial charge in [-0.3, -0.25) is 4.79 Å². The molecule has 0 aromatic carbocycles. The number of rotatable bonds is 4. The van der Waals surface area contributed by atoms with Crippen LogP contribution in [0.1, 0.15) is 24.3 Å². The zero-order valence-electron chi connectivity index (χ0n) is 8.97. The number of nitrogens with two attached hydrogens (primary N) is 1. The van der Waals surface area contributed by atoms with Crippen molar-refractivity contribution in [3.8, 4) is 0 Å². The SMILES string of the molecule is CC(c1cccs1)N(C)C(=O)CCN.Cl. The minimum absolute atomic E-state index is 0. The van der Waals surface area contributed by atoms with Crippen LogP contribution in [0.25, 0.3) is 0 Å². The highest BCUT2D eigenvalue weighted by Crippen LogP contribution is 2.23. The first-order valence-electron chi connectivity index (χ1n) is 4.66. The van der Waals surface area contributed by atoms with Crippen LogP contribution in [0.2, 0.25) is 0 Å². The minimum atomic E-state index is 0. The third-order valence-corrected chi connectivity index (χ3v) is 3.33. The molecule has 15 heavy (non-hydrogen) atoms. The molecule has 2 N–H and O–H groups in total. The molecule has 1 aromatic heterocycles. The van der Waals surface area contributed by atoms with E-state index in [0.717, 1.165) is 0 Å². The summed E-state index contributed by atoms with van der Waals surface area (Å²) in [7, 11) is 1.82. The number of carbonyl (C=O) groups excluding carboxylic acids is 1. The lowest BCUT2D eigenvalue weighted by Crippen LogP contribution is -2.30. The molecular weight excluding hydrogens is 232 g/mol. The highest BCUT2D eigenvalue weighted by atomic mass is 35.5. The van der Waals surface area contributed by atoms with Crippen LogP contribution in [0.3, 0.4) is 0 Å². The van der Waals surface area contributed by atoms with E-state index in [1.807, 2.05) is 31.5 Å². The van der Waals surface area contributed by atoms with Gasteiger partial charge in [-0.05, 0) is 18.4 Å². The van der Waals surface area contributed by atoms with Crippen molar-refractivity contribution in [2.24, 2.45) is 5.73 Å². The normalized spacial score (nSPS) is 11.7. The molecular formula is C10H17ClN2OS. The molecule has 1 heterocycles. The Labute approximate surface area is 101 Å². The molecule has 1 rings (SSSR count). The fourth-order valence-electron chi connectivity index (χ4n) is 1.24. The second kappa shape index (κ2) is 6.82. The molecule has 1 aromatic rings. The second-order valence-corrected chi connectivity index (χ2v) is 4.21. The van der Waals surface area contributed by atoms with E-state index >= 15 is 0 Å². The molecule has 5 heteroatoms. The summed E-state index contributed by atoms with van der Waals surface area (Å²) in [6, 6.07) is 4.19. The van der Waals surface area contributed by atoms with Gasteiger partial charge in [-0.25, -0.2) is 0 Å². The molecule has 0 aliphatic heterocycles. The lowest BCUT2D eigenvalue weighted by molar-refractivity contribution is -0.131. The zero-order chi connectivity index (χ0) is 10.6. The van der Waals surface area contributed by atoms with Gasteiger partial charge in [-0.2, -0.15) is 0 Å². The van der Waals surface area contributed by atoms with Crippen molar-refractivity contribution >= 4 is 29.7 Å². The number of carbonyl (C=O) groups is 1. The number of thiophene rings is 1. The number of hydrogen-bond acceptors (Lipinski definition) is 3. The number of nitrogens with zero attached hydrogens (tertiary/aromatic N) is 1. The van der Waals surface area contributed by atoms with Crippen LogP contribution in [0.4, 0.5) is 0 Å². The highest BCUT2D eigenvalue weighted by molar-refractivity contribution is 7.10. The summed E-state index contributed by atoms with van der Waals surface area (Å²) in [5.41, 5.74) is 5.34. The van der Waals surface area contributed by atoms with Gasteiger partial charge < -0.3 is 10.6 Å². The minimum Gasteiger partial charge on any atom is -0.338 e. The second-order valence-electron chi connectivity index (χ2n) is 3.23. The van der Waals surface area contributed by atoms with E-state index in [2.05, 4.69) is 0 Å². The lowest BCUT2D eigenvalue weighted by atomic mass is 10.2. The smallest absolute Gasteiger partial charge is 0.224 e. The largest absolute Gasteiger partial charge is 0.338 e. The van der Waals surface area contributed by atoms with Gasteiger partial charge in [-0.1, -0.05) is 6.07 Å². The predicted molar refractivity (Wildman–Crippen MR) is 66.4 cm³/mol. The highest BCUT2D eigenvalue weighted by Gasteiger charge is 2.16. The van der Waals surface area contributed by atoms with E-state index in [9.17, 15) is 4.79 Å². The summed E-state index contributed by atoms with van der Waals surface area (Å²) in [6.45, 7) is 2.45. The van der Waals surface area contributed by atoms with Crippen molar-refractivity contribution in [3.05, 3.63) is 22.4 Å². The maximum absolute atomic E-state index is 11.5. The van der Waals surface area contributed by atoms with Crippen LogP contribution in [-0.2, 0) is 4.79 Å². The van der Waals surface area contributed by atoms with Gasteiger partial charge in [0.1, 0.15) is 0 Å². The third-order valence-electron chi connectivity index (χ3n) is 2.29. The summed E-state index contributed by atoms with van der Waals surface area (Å²) in [5, 5.41) is 2.02. The van der Waals surface area contributed by atoms with Crippen molar-refractivity contribution in [2.75, 3.05) is 13.6 Å². The van der Waals surface area contributed by atoms with E-state index in [-0.39, 0.29) is 24.4 Å². The molecule has 86 valence electrons. The topological polar surface area (TPSA) is 46.3 Å². The lowest BCUT2D eigenvalue weighted by Gasteiger charge is -2.23. The molecule has 0 saturated heterocycles. The molecule has 0 saturated carbocycles. The Kier molecular flexibility index (Phi) is 6.56. The molecule has 1 unspecified atom stereocenters. The first-order chi connectivity index (χ1) is 6.66. The predicted octanol–water partition coefficient (Wildman–Crippen LogP) is 2.04. The van der Waals surface area contributed by atoms with Crippen LogP contribution >= 0.6 is 23.7 Å². The van der Waals surface area contributed by atoms with Gasteiger partial charge in [0.15, 0.2) is 0 Å². The molecule has 0 spiro atoms. The summed E-state index contributed by atoms with van der Waals surface area (Å²) < 4.78 is 0. The van der Waals surface area contributed by atoms with Crippen molar-refractivity contribution in [1.82, 2.24) is 4.90 Å². The van der Waals surface area contributed by atoms with Gasteiger partial charge in [0.25, 0.3) is 0 Å². The third kappa shape index (κ3) is 3.81. The Bertz CT molecular complexity index is 290. The van der Waals surface area contributed by atoms with Gasteiger partial charge >= 0.3 is 0 Å². The standard InChI is InChI=1S/C10H16N2OS.ClH/c1-8(9-4-3-7-14-9)12(2)10(13)5-6-11;/h3-4,7-8H,5-6,11H2,1-2H3;1H. The first-order valence-corrected chi connectivity index (χ1v) is 5.54. The van der Waals surface area contributed by atoms with Crippen molar-refractivity contribution in [1.29, 1.82) is 0 Å². The number of halogens is 1. The monoisotopic (exact) mass is 248 g/mol. The van der Waals surface area contributed by atoms with Crippen molar-refractivity contribution < 1.29 is 4.79 Å². The van der Waals surface area contributed by atoms with Crippen LogP contribution in [0.15, 0.2) is 17.5 Å². The maximum Gasteiger partial charge on any atom is 0.224 e. The van der Waals surface area contributed by atoms with Gasteiger partial charge in [0, 0.05) is 24.9 Å². The number of amides is 1. The first kappa shape index (κ1) is 14.4. The van der Waals surface area contributed by atoms with E-state index in [4.69, 9.17) is 5.73 Å². The van der Waals surface area contributed by atoms with Crippen molar-refractivity contribution in [3.63, 3.8) is 0 Å². The van der Waals surface area contributed by atoms with Gasteiger partial charge in [0.05, 0.1) is 6.04 Å². The Balaban J connectivity index is 0.00000196. The fourth-order valence-corrected chi connectivity index (χ4v) is 2.06. The summed E-state index contributed by atoms with van der Waals surface area (Å²) in [6.07, 6.45) is 0.423. The van der Waals surface area contributed by atoms with Gasteiger partial charge in [-0.15, -0.1) is 23.7 Å². The average Bonchev–Trinajstić information content (AvgIpc) is 2.68. The Hall–Kier alpha value is -0.580. The maximum atomic E-state index is 11.5. The molecule has 0 radical (unpaired) electrons. The molecule has 1 atom stereocenters. The molecule has 0 bridgehead atoms. The summed E-state index contributed by atoms with van der Waals surface area (Å²) >= 11 is 1.67. The van der Waals surface area contributed by atoms with Gasteiger partial charge in [0.2, 0.25) is 5.91 Å². The van der Waals surface area contributed by atoms with E-state index in [1.54, 1.807) is 16.2 Å². The average molecular weight is 249 g/mol. The molecule has 0 aliphatic carbocycles. The van der Waals surface area contributed by atoms with Crippen LogP contribution in [-0.4, -0.2) is 24.4 Å². The number of hydrogen-bond donors (Lipinski definition) is 1. The quantitative estimate of drug-likeness (QED) is 0.887. The van der Waals surface area contributed by atoms with Crippen LogP contribution < -0.4 is 5.73 Å². The summed E-state index contributed by atoms with van der Waals surface area (Å²) in [5.74, 6) is 0.105. The molecule has 1 amide bonds. The van der Waals surface area contributed by atoms with E-state index in [0.29, 0.717) is 13.0 Å². The zero-order valence-corrected chi connectivity index (χ0v) is 10.6. The molecule has 3 nitrogen and oxygen atoms in total.